The van der Waals surface area contributed by atoms with E-state index in [1.54, 1.807) is 51.5 Å². The van der Waals surface area contributed by atoms with Gasteiger partial charge >= 0.3 is 18.0 Å². The van der Waals surface area contributed by atoms with E-state index in [-0.39, 0.29) is 13.2 Å². The van der Waals surface area contributed by atoms with E-state index in [0.717, 1.165) is 0 Å². The van der Waals surface area contributed by atoms with Crippen molar-refractivity contribution in [3.63, 3.8) is 0 Å². The van der Waals surface area contributed by atoms with Crippen LogP contribution < -0.4 is 0 Å². The Bertz CT molecular complexity index is 391. The predicted octanol–water partition coefficient (Wildman–Crippen LogP) is -0.325. The minimum Gasteiger partial charge on any atom is -0.461 e. The Hall–Kier alpha value is -2.12. The minimum atomic E-state index is -0.886. The Kier molecular flexibility index (Phi) is 7.95. The first kappa shape index (κ1) is 17.9. The fourth-order valence-electron chi connectivity index (χ4n) is 1.21. The van der Waals surface area contributed by atoms with Crippen molar-refractivity contribution in [2.45, 2.75) is 13.8 Å². The maximum absolute atomic E-state index is 11.6. The molecule has 8 nitrogen and oxygen atoms in total. The molecule has 114 valence electrons. The lowest BCUT2D eigenvalue weighted by atomic mass is 10.4. The van der Waals surface area contributed by atoms with E-state index in [0.29, 0.717) is 6.02 Å². The van der Waals surface area contributed by atoms with Crippen molar-refractivity contribution >= 4 is 23.7 Å². The van der Waals surface area contributed by atoms with E-state index in [2.05, 4.69) is 5.16 Å². The van der Waals surface area contributed by atoms with Crippen LogP contribution in [0.5, 0.6) is 0 Å². The average molecular weight is 288 g/mol. The quantitative estimate of drug-likeness (QED) is 0.172. The van der Waals surface area contributed by atoms with E-state index in [4.69, 9.17) is 14.3 Å². The van der Waals surface area contributed by atoms with Gasteiger partial charge in [0, 0.05) is 0 Å². The highest BCUT2D eigenvalue weighted by molar-refractivity contribution is 6.62. The standard InChI is InChI=1S/C12H22N3O5/c1-7-18-10(16)9(11(17)19-8-2)13-20-12(14(3)4)15(5)6/h7-8H2,1-6H3/q+1. The molecular formula is C12H22N3O5+. The lowest BCUT2D eigenvalue weighted by Gasteiger charge is -2.09. The van der Waals surface area contributed by atoms with Gasteiger partial charge in [-0.15, -0.1) is 0 Å². The Balaban J connectivity index is 5.22. The highest BCUT2D eigenvalue weighted by Gasteiger charge is 2.26. The molecule has 0 aromatic rings. The molecule has 0 heterocycles. The van der Waals surface area contributed by atoms with Crippen LogP contribution in [0.1, 0.15) is 13.8 Å². The van der Waals surface area contributed by atoms with Crippen molar-refractivity contribution in [2.75, 3.05) is 41.4 Å². The minimum absolute atomic E-state index is 0.120. The monoisotopic (exact) mass is 288 g/mol. The maximum atomic E-state index is 11.6. The van der Waals surface area contributed by atoms with E-state index in [1.807, 2.05) is 0 Å². The zero-order valence-corrected chi connectivity index (χ0v) is 12.8. The van der Waals surface area contributed by atoms with Gasteiger partial charge in [0.1, 0.15) is 0 Å². The molecule has 0 rings (SSSR count). The van der Waals surface area contributed by atoms with Crippen molar-refractivity contribution in [3.05, 3.63) is 0 Å². The summed E-state index contributed by atoms with van der Waals surface area (Å²) in [6.07, 6.45) is 0. The predicted molar refractivity (Wildman–Crippen MR) is 72.6 cm³/mol. The molecule has 8 heteroatoms. The van der Waals surface area contributed by atoms with Crippen molar-refractivity contribution in [1.82, 2.24) is 4.90 Å². The molecule has 0 N–H and O–H groups in total. The fourth-order valence-corrected chi connectivity index (χ4v) is 1.21. The fraction of sp³-hybridized carbons (Fsp3) is 0.667. The SMILES string of the molecule is CCOC(=O)C(=NOC(N(C)C)=[N+](C)C)C(=O)OCC. The molecule has 0 aliphatic heterocycles. The largest absolute Gasteiger partial charge is 0.471 e. The number of carbonyl (C=O) groups excluding carboxylic acids is 2. The van der Waals surface area contributed by atoms with Crippen LogP contribution in [0, 0.1) is 0 Å². The van der Waals surface area contributed by atoms with Gasteiger partial charge in [-0.25, -0.2) is 19.1 Å². The van der Waals surface area contributed by atoms with Crippen LogP contribution in [0.4, 0.5) is 0 Å². The number of carbonyl (C=O) groups is 2. The van der Waals surface area contributed by atoms with Gasteiger partial charge in [0.2, 0.25) is 0 Å². The molecule has 0 amide bonds. The summed E-state index contributed by atoms with van der Waals surface area (Å²) in [5, 5.41) is 3.55. The van der Waals surface area contributed by atoms with Crippen molar-refractivity contribution in [3.8, 4) is 0 Å². The van der Waals surface area contributed by atoms with Crippen LogP contribution in [-0.2, 0) is 23.9 Å². The second-order valence-electron chi connectivity index (χ2n) is 4.04. The second kappa shape index (κ2) is 8.89. The van der Waals surface area contributed by atoms with Gasteiger partial charge in [-0.1, -0.05) is 5.16 Å². The van der Waals surface area contributed by atoms with Gasteiger partial charge < -0.3 is 9.47 Å². The van der Waals surface area contributed by atoms with Gasteiger partial charge in [-0.2, -0.15) is 0 Å². The molecule has 0 aromatic heterocycles. The highest BCUT2D eigenvalue weighted by atomic mass is 16.7. The van der Waals surface area contributed by atoms with Gasteiger partial charge in [0.05, 0.1) is 41.4 Å². The molecule has 0 aromatic carbocycles. The van der Waals surface area contributed by atoms with Crippen LogP contribution in [0.2, 0.25) is 0 Å². The number of nitrogens with zero attached hydrogens (tertiary/aromatic N) is 3. The Morgan fingerprint density at radius 3 is 1.80 bits per heavy atom. The molecule has 0 radical (unpaired) electrons. The van der Waals surface area contributed by atoms with Crippen molar-refractivity contribution in [1.29, 1.82) is 0 Å². The molecule has 0 bridgehead atoms. The zero-order valence-electron chi connectivity index (χ0n) is 12.8. The molecule has 0 spiro atoms. The molecule has 0 saturated heterocycles. The zero-order chi connectivity index (χ0) is 15.7. The summed E-state index contributed by atoms with van der Waals surface area (Å²) in [5.74, 6) is -1.77. The van der Waals surface area contributed by atoms with Crippen LogP contribution in [0.15, 0.2) is 5.16 Å². The van der Waals surface area contributed by atoms with Gasteiger partial charge in [-0.05, 0) is 13.8 Å². The molecule has 0 aliphatic carbocycles. The normalized spacial score (nSPS) is 9.30. The summed E-state index contributed by atoms with van der Waals surface area (Å²) in [5.41, 5.74) is -0.532. The number of rotatable bonds is 5. The third-order valence-electron chi connectivity index (χ3n) is 1.92. The molecule has 0 aliphatic rings. The van der Waals surface area contributed by atoms with E-state index < -0.39 is 17.7 Å². The third kappa shape index (κ3) is 5.68. The van der Waals surface area contributed by atoms with Crippen LogP contribution in [0.3, 0.4) is 0 Å². The second-order valence-corrected chi connectivity index (χ2v) is 4.04. The molecule has 0 fully saturated rings. The molecular weight excluding hydrogens is 266 g/mol. The summed E-state index contributed by atoms with van der Waals surface area (Å²) in [6.45, 7) is 3.49. The Morgan fingerprint density at radius 2 is 1.50 bits per heavy atom. The number of esters is 2. The first-order valence-corrected chi connectivity index (χ1v) is 6.15. The van der Waals surface area contributed by atoms with Crippen molar-refractivity contribution in [2.24, 2.45) is 5.16 Å². The lowest BCUT2D eigenvalue weighted by Crippen LogP contribution is -2.33. The summed E-state index contributed by atoms with van der Waals surface area (Å²) in [6, 6.07) is 0.344. The highest BCUT2D eigenvalue weighted by Crippen LogP contribution is 1.95. The molecule has 0 saturated carbocycles. The smallest absolute Gasteiger partial charge is 0.461 e. The number of oxime groups is 1. The van der Waals surface area contributed by atoms with Crippen molar-refractivity contribution < 1.29 is 28.5 Å². The summed E-state index contributed by atoms with van der Waals surface area (Å²) < 4.78 is 11.1. The Labute approximate surface area is 118 Å². The average Bonchev–Trinajstić information content (AvgIpc) is 2.33. The van der Waals surface area contributed by atoms with Crippen LogP contribution in [-0.4, -0.2) is 74.6 Å². The van der Waals surface area contributed by atoms with Gasteiger partial charge in [0.25, 0.3) is 5.71 Å². The topological polar surface area (TPSA) is 80.4 Å². The van der Waals surface area contributed by atoms with E-state index in [1.165, 1.54) is 0 Å². The molecule has 0 unspecified atom stereocenters. The Morgan fingerprint density at radius 1 is 1.05 bits per heavy atom. The third-order valence-corrected chi connectivity index (χ3v) is 1.92. The van der Waals surface area contributed by atoms with Crippen LogP contribution in [0.25, 0.3) is 0 Å². The number of ether oxygens (including phenoxy) is 2. The number of amidine groups is 1. The van der Waals surface area contributed by atoms with Gasteiger partial charge in [-0.3, -0.25) is 4.84 Å². The molecule has 20 heavy (non-hydrogen) atoms. The maximum Gasteiger partial charge on any atom is 0.471 e. The first-order valence-electron chi connectivity index (χ1n) is 6.15. The first-order chi connectivity index (χ1) is 9.34. The number of hydrogen-bond donors (Lipinski definition) is 0. The summed E-state index contributed by atoms with van der Waals surface area (Å²) in [7, 11) is 6.94. The van der Waals surface area contributed by atoms with E-state index >= 15 is 0 Å². The number of hydrogen-bond acceptors (Lipinski definition) is 6. The summed E-state index contributed by atoms with van der Waals surface area (Å²) in [4.78, 5) is 30.0. The summed E-state index contributed by atoms with van der Waals surface area (Å²) >= 11 is 0. The lowest BCUT2D eigenvalue weighted by molar-refractivity contribution is -0.480. The van der Waals surface area contributed by atoms with Crippen LogP contribution >= 0.6 is 0 Å². The van der Waals surface area contributed by atoms with Gasteiger partial charge in [0.15, 0.2) is 0 Å². The molecule has 0 atom stereocenters. The van der Waals surface area contributed by atoms with E-state index in [9.17, 15) is 9.59 Å².